The van der Waals surface area contributed by atoms with Gasteiger partial charge in [-0.05, 0) is 40.2 Å². The van der Waals surface area contributed by atoms with Crippen LogP contribution in [-0.4, -0.2) is 11.3 Å². The van der Waals surface area contributed by atoms with Gasteiger partial charge >= 0.3 is 0 Å². The van der Waals surface area contributed by atoms with Crippen molar-refractivity contribution in [3.63, 3.8) is 0 Å². The van der Waals surface area contributed by atoms with Gasteiger partial charge in [-0.3, -0.25) is 4.79 Å². The van der Waals surface area contributed by atoms with E-state index in [1.807, 2.05) is 11.4 Å². The fourth-order valence-corrected chi connectivity index (χ4v) is 2.68. The Bertz CT molecular complexity index is 343. The number of carbonyl (C=O) groups is 1. The van der Waals surface area contributed by atoms with E-state index in [1.165, 1.54) is 0 Å². The summed E-state index contributed by atoms with van der Waals surface area (Å²) in [5.41, 5.74) is 5.31. The van der Waals surface area contributed by atoms with Crippen LogP contribution >= 0.6 is 27.3 Å². The highest BCUT2D eigenvalue weighted by molar-refractivity contribution is 9.10. The van der Waals surface area contributed by atoms with Gasteiger partial charge in [-0.25, -0.2) is 0 Å². The van der Waals surface area contributed by atoms with E-state index in [9.17, 15) is 4.79 Å². The fourth-order valence-electron chi connectivity index (χ4n) is 1.19. The molecule has 0 aliphatic heterocycles. The van der Waals surface area contributed by atoms with Gasteiger partial charge in [-0.2, -0.15) is 0 Å². The lowest BCUT2D eigenvalue weighted by molar-refractivity contribution is -0.120. The zero-order valence-electron chi connectivity index (χ0n) is 7.05. The van der Waals surface area contributed by atoms with Crippen LogP contribution in [0, 0.1) is 0 Å². The number of halogens is 1. The molecule has 0 unspecified atom stereocenters. The molecule has 1 saturated carbocycles. The first kappa shape index (κ1) is 9.37. The molecule has 4 heteroatoms. The molecule has 0 amide bonds. The summed E-state index contributed by atoms with van der Waals surface area (Å²) in [7, 11) is 0. The molecule has 2 N–H and O–H groups in total. The second kappa shape index (κ2) is 3.19. The van der Waals surface area contributed by atoms with Crippen LogP contribution in [-0.2, 0) is 11.2 Å². The molecule has 0 atom stereocenters. The summed E-state index contributed by atoms with van der Waals surface area (Å²) in [5, 5.41) is 1.97. The minimum absolute atomic E-state index is 0.177. The third kappa shape index (κ3) is 1.85. The molecule has 2 rings (SSSR count). The Morgan fingerprint density at radius 2 is 2.38 bits per heavy atom. The van der Waals surface area contributed by atoms with E-state index in [-0.39, 0.29) is 5.78 Å². The molecular weight excluding hydrogens is 250 g/mol. The van der Waals surface area contributed by atoms with E-state index in [0.717, 1.165) is 22.2 Å². The van der Waals surface area contributed by atoms with Crippen molar-refractivity contribution in [1.82, 2.24) is 0 Å². The van der Waals surface area contributed by atoms with Gasteiger partial charge in [0.1, 0.15) is 0 Å². The first-order valence-electron chi connectivity index (χ1n) is 4.16. The van der Waals surface area contributed by atoms with Crippen molar-refractivity contribution >= 4 is 33.0 Å². The number of nitrogens with two attached hydrogens (primary N) is 1. The second-order valence-electron chi connectivity index (χ2n) is 3.45. The van der Waals surface area contributed by atoms with Crippen LogP contribution in [0.4, 0.5) is 0 Å². The van der Waals surface area contributed by atoms with Gasteiger partial charge in [-0.15, -0.1) is 11.3 Å². The van der Waals surface area contributed by atoms with Gasteiger partial charge in [0.25, 0.3) is 0 Å². The number of rotatable bonds is 3. The van der Waals surface area contributed by atoms with E-state index in [2.05, 4.69) is 15.9 Å². The minimum atomic E-state index is -0.483. The molecule has 70 valence electrons. The summed E-state index contributed by atoms with van der Waals surface area (Å²) in [6.07, 6.45) is 2.19. The number of Topliss-reactive ketones (excluding diaryl/α,β-unsaturated/α-hetero) is 1. The Hall–Kier alpha value is -0.190. The smallest absolute Gasteiger partial charge is 0.157 e. The van der Waals surface area contributed by atoms with Crippen molar-refractivity contribution in [1.29, 1.82) is 0 Å². The summed E-state index contributed by atoms with van der Waals surface area (Å²) in [6.45, 7) is 0. The summed E-state index contributed by atoms with van der Waals surface area (Å²) in [5.74, 6) is 0.177. The first-order valence-corrected chi connectivity index (χ1v) is 5.83. The molecule has 13 heavy (non-hydrogen) atoms. The summed E-state index contributed by atoms with van der Waals surface area (Å²) in [4.78, 5) is 12.7. The van der Waals surface area contributed by atoms with Gasteiger partial charge in [0.15, 0.2) is 5.78 Å². The highest BCUT2D eigenvalue weighted by atomic mass is 79.9. The number of ketones is 1. The lowest BCUT2D eigenvalue weighted by Crippen LogP contribution is -2.33. The SMILES string of the molecule is NC1(C(=O)Cc2sccc2Br)CC1. The van der Waals surface area contributed by atoms with Crippen molar-refractivity contribution in [2.45, 2.75) is 24.8 Å². The first-order chi connectivity index (χ1) is 6.12. The minimum Gasteiger partial charge on any atom is -0.319 e. The molecule has 0 radical (unpaired) electrons. The van der Waals surface area contributed by atoms with Crippen molar-refractivity contribution in [3.05, 3.63) is 20.8 Å². The van der Waals surface area contributed by atoms with Crippen molar-refractivity contribution in [2.75, 3.05) is 0 Å². The molecule has 1 aromatic heterocycles. The number of thiophene rings is 1. The van der Waals surface area contributed by atoms with E-state index in [0.29, 0.717) is 6.42 Å². The van der Waals surface area contributed by atoms with E-state index in [1.54, 1.807) is 11.3 Å². The van der Waals surface area contributed by atoms with Crippen LogP contribution in [0.25, 0.3) is 0 Å². The quantitative estimate of drug-likeness (QED) is 0.904. The van der Waals surface area contributed by atoms with E-state index < -0.39 is 5.54 Å². The monoisotopic (exact) mass is 259 g/mol. The standard InChI is InChI=1S/C9H10BrNOS/c10-6-1-4-13-7(6)5-8(12)9(11)2-3-9/h1,4H,2-3,5,11H2. The summed E-state index contributed by atoms with van der Waals surface area (Å²) >= 11 is 5.00. The third-order valence-corrected chi connectivity index (χ3v) is 4.28. The molecule has 2 nitrogen and oxygen atoms in total. The molecule has 1 aliphatic carbocycles. The lowest BCUT2D eigenvalue weighted by Gasteiger charge is -2.05. The maximum atomic E-state index is 11.6. The van der Waals surface area contributed by atoms with Gasteiger partial charge in [0.2, 0.25) is 0 Å². The lowest BCUT2D eigenvalue weighted by atomic mass is 10.1. The average molecular weight is 260 g/mol. The van der Waals surface area contributed by atoms with Gasteiger partial charge < -0.3 is 5.73 Å². The van der Waals surface area contributed by atoms with Crippen LogP contribution in [0.3, 0.4) is 0 Å². The van der Waals surface area contributed by atoms with Crippen LogP contribution in [0.2, 0.25) is 0 Å². The maximum absolute atomic E-state index is 11.6. The predicted octanol–water partition coefficient (Wildman–Crippen LogP) is 2.11. The Morgan fingerprint density at radius 3 is 2.85 bits per heavy atom. The van der Waals surface area contributed by atoms with E-state index in [4.69, 9.17) is 5.73 Å². The Labute approximate surface area is 89.3 Å². The van der Waals surface area contributed by atoms with E-state index >= 15 is 0 Å². The van der Waals surface area contributed by atoms with Crippen molar-refractivity contribution in [2.24, 2.45) is 5.73 Å². The second-order valence-corrected chi connectivity index (χ2v) is 5.30. The highest BCUT2D eigenvalue weighted by Crippen LogP contribution is 2.35. The Morgan fingerprint density at radius 1 is 1.69 bits per heavy atom. The zero-order chi connectivity index (χ0) is 9.47. The normalized spacial score (nSPS) is 18.6. The molecule has 0 aromatic carbocycles. The van der Waals surface area contributed by atoms with Crippen LogP contribution in [0.15, 0.2) is 15.9 Å². The number of carbonyl (C=O) groups excluding carboxylic acids is 1. The molecule has 1 aliphatic rings. The maximum Gasteiger partial charge on any atom is 0.157 e. The van der Waals surface area contributed by atoms with Crippen molar-refractivity contribution in [3.8, 4) is 0 Å². The highest BCUT2D eigenvalue weighted by Gasteiger charge is 2.45. The molecule has 1 heterocycles. The largest absolute Gasteiger partial charge is 0.319 e. The Kier molecular flexibility index (Phi) is 2.30. The molecule has 1 fully saturated rings. The molecule has 1 aromatic rings. The fraction of sp³-hybridized carbons (Fsp3) is 0.444. The van der Waals surface area contributed by atoms with Gasteiger partial charge in [0, 0.05) is 15.8 Å². The summed E-state index contributed by atoms with van der Waals surface area (Å²) in [6, 6.07) is 1.96. The van der Waals surface area contributed by atoms with Gasteiger partial charge in [-0.1, -0.05) is 0 Å². The summed E-state index contributed by atoms with van der Waals surface area (Å²) < 4.78 is 1.02. The topological polar surface area (TPSA) is 43.1 Å². The third-order valence-electron chi connectivity index (χ3n) is 2.36. The van der Waals surface area contributed by atoms with Crippen LogP contribution in [0.5, 0.6) is 0 Å². The number of hydrogen-bond acceptors (Lipinski definition) is 3. The molecule has 0 spiro atoms. The van der Waals surface area contributed by atoms with Gasteiger partial charge in [0.05, 0.1) is 5.54 Å². The van der Waals surface area contributed by atoms with Crippen molar-refractivity contribution < 1.29 is 4.79 Å². The molecular formula is C9H10BrNOS. The zero-order valence-corrected chi connectivity index (χ0v) is 9.45. The number of hydrogen-bond donors (Lipinski definition) is 1. The van der Waals surface area contributed by atoms with Crippen LogP contribution in [0.1, 0.15) is 17.7 Å². The predicted molar refractivity (Wildman–Crippen MR) is 56.9 cm³/mol. The van der Waals surface area contributed by atoms with Crippen LogP contribution < -0.4 is 5.73 Å². The molecule has 0 bridgehead atoms. The Balaban J connectivity index is 2.06. The average Bonchev–Trinajstić information content (AvgIpc) is 2.72. The molecule has 0 saturated heterocycles.